The van der Waals surface area contributed by atoms with E-state index in [0.717, 1.165) is 0 Å². The van der Waals surface area contributed by atoms with Crippen LogP contribution in [0.2, 0.25) is 0 Å². The second kappa shape index (κ2) is 11.7. The van der Waals surface area contributed by atoms with Crippen molar-refractivity contribution in [2.45, 2.75) is 26.8 Å². The molecule has 0 unspecified atom stereocenters. The molecule has 0 spiro atoms. The predicted octanol–water partition coefficient (Wildman–Crippen LogP) is 1.13. The van der Waals surface area contributed by atoms with Crippen LogP contribution >= 0.6 is 0 Å². The standard InChI is InChI=1S/C22H29N3O8/c1-6-32-20(27)16-10-23-22(29)24-17(16)11-33-21(28)18(12(2)3)25-19(26)13-7-14(30-4)9-15(8-13)31-5/h7-9,12,18H,6,10-11H2,1-5H3,(H,25,26)(H2,23,24,29)/t18-/m0/s1. The molecule has 33 heavy (non-hydrogen) atoms. The maximum absolute atomic E-state index is 12.8. The highest BCUT2D eigenvalue weighted by atomic mass is 16.5. The van der Waals surface area contributed by atoms with Crippen LogP contribution in [-0.2, 0) is 19.1 Å². The summed E-state index contributed by atoms with van der Waals surface area (Å²) in [7, 11) is 2.92. The van der Waals surface area contributed by atoms with Crippen molar-refractivity contribution in [2.24, 2.45) is 5.92 Å². The van der Waals surface area contributed by atoms with Gasteiger partial charge in [0.1, 0.15) is 24.1 Å². The zero-order valence-corrected chi connectivity index (χ0v) is 19.3. The quantitative estimate of drug-likeness (QED) is 0.439. The van der Waals surface area contributed by atoms with E-state index in [0.29, 0.717) is 11.5 Å². The lowest BCUT2D eigenvalue weighted by atomic mass is 10.0. The molecular formula is C22H29N3O8. The van der Waals surface area contributed by atoms with Crippen molar-refractivity contribution < 1.29 is 38.1 Å². The minimum atomic E-state index is -0.987. The Kier molecular flexibility index (Phi) is 9.08. The van der Waals surface area contributed by atoms with Gasteiger partial charge in [0.15, 0.2) is 0 Å². The Balaban J connectivity index is 2.14. The van der Waals surface area contributed by atoms with Crippen molar-refractivity contribution in [1.29, 1.82) is 0 Å². The first-order valence-corrected chi connectivity index (χ1v) is 10.3. The number of hydrogen-bond donors (Lipinski definition) is 3. The fourth-order valence-electron chi connectivity index (χ4n) is 2.96. The number of methoxy groups -OCH3 is 2. The number of amides is 3. The van der Waals surface area contributed by atoms with Crippen molar-refractivity contribution in [3.8, 4) is 11.5 Å². The van der Waals surface area contributed by atoms with Gasteiger partial charge in [-0.1, -0.05) is 13.8 Å². The van der Waals surface area contributed by atoms with Gasteiger partial charge in [0.25, 0.3) is 5.91 Å². The number of hydrogen-bond acceptors (Lipinski definition) is 8. The molecule has 1 aliphatic heterocycles. The molecule has 1 atom stereocenters. The van der Waals surface area contributed by atoms with Gasteiger partial charge in [-0.25, -0.2) is 14.4 Å². The fraction of sp³-hybridized carbons (Fsp3) is 0.455. The molecule has 3 N–H and O–H groups in total. The number of carbonyl (C=O) groups excluding carboxylic acids is 4. The molecule has 1 heterocycles. The van der Waals surface area contributed by atoms with Crippen LogP contribution in [0.1, 0.15) is 31.1 Å². The predicted molar refractivity (Wildman–Crippen MR) is 117 cm³/mol. The van der Waals surface area contributed by atoms with Crippen LogP contribution in [0, 0.1) is 5.92 Å². The largest absolute Gasteiger partial charge is 0.497 e. The Hall–Kier alpha value is -3.76. The minimum Gasteiger partial charge on any atom is -0.497 e. The number of rotatable bonds is 10. The zero-order valence-electron chi connectivity index (χ0n) is 19.3. The second-order valence-corrected chi connectivity index (χ2v) is 7.39. The Morgan fingerprint density at radius 2 is 1.70 bits per heavy atom. The van der Waals surface area contributed by atoms with Gasteiger partial charge < -0.3 is 34.9 Å². The third-order valence-corrected chi connectivity index (χ3v) is 4.76. The van der Waals surface area contributed by atoms with E-state index < -0.39 is 29.9 Å². The van der Waals surface area contributed by atoms with Crippen LogP contribution in [0.5, 0.6) is 11.5 Å². The molecule has 11 heteroatoms. The van der Waals surface area contributed by atoms with E-state index >= 15 is 0 Å². The normalized spacial score (nSPS) is 14.1. The molecule has 0 saturated carbocycles. The SMILES string of the molecule is CCOC(=O)C1=C(COC(=O)[C@@H](NC(=O)c2cc(OC)cc(OC)c2)C(C)C)NC(=O)NC1. The number of urea groups is 1. The van der Waals surface area contributed by atoms with Crippen molar-refractivity contribution in [3.63, 3.8) is 0 Å². The highest BCUT2D eigenvalue weighted by Crippen LogP contribution is 2.22. The molecule has 0 aromatic heterocycles. The topological polar surface area (TPSA) is 141 Å². The van der Waals surface area contributed by atoms with Crippen LogP contribution in [0.4, 0.5) is 4.79 Å². The van der Waals surface area contributed by atoms with Gasteiger partial charge >= 0.3 is 18.0 Å². The Labute approximate surface area is 191 Å². The van der Waals surface area contributed by atoms with Gasteiger partial charge in [-0.3, -0.25) is 4.79 Å². The highest BCUT2D eigenvalue weighted by Gasteiger charge is 2.29. The minimum absolute atomic E-state index is 0.0560. The van der Waals surface area contributed by atoms with Crippen LogP contribution in [0.3, 0.4) is 0 Å². The Morgan fingerprint density at radius 3 is 2.24 bits per heavy atom. The fourth-order valence-corrected chi connectivity index (χ4v) is 2.96. The van der Waals surface area contributed by atoms with Crippen LogP contribution < -0.4 is 25.4 Å². The van der Waals surface area contributed by atoms with Gasteiger partial charge in [0, 0.05) is 11.6 Å². The van der Waals surface area contributed by atoms with E-state index in [-0.39, 0.29) is 42.5 Å². The number of ether oxygens (including phenoxy) is 4. The molecular weight excluding hydrogens is 434 g/mol. The van der Waals surface area contributed by atoms with Gasteiger partial charge in [-0.05, 0) is 25.0 Å². The first kappa shape index (κ1) is 25.5. The lowest BCUT2D eigenvalue weighted by molar-refractivity contribution is -0.146. The average molecular weight is 463 g/mol. The third-order valence-electron chi connectivity index (χ3n) is 4.76. The maximum Gasteiger partial charge on any atom is 0.337 e. The number of esters is 2. The number of nitrogens with one attached hydrogen (secondary N) is 3. The van der Waals surface area contributed by atoms with Gasteiger partial charge in [-0.2, -0.15) is 0 Å². The summed E-state index contributed by atoms with van der Waals surface area (Å²) in [6, 6.07) is 3.13. The monoisotopic (exact) mass is 463 g/mol. The molecule has 180 valence electrons. The molecule has 0 fully saturated rings. The first-order chi connectivity index (χ1) is 15.7. The van der Waals surface area contributed by atoms with E-state index in [1.165, 1.54) is 26.4 Å². The van der Waals surface area contributed by atoms with Crippen LogP contribution in [-0.4, -0.2) is 63.9 Å². The maximum atomic E-state index is 12.8. The molecule has 3 amide bonds. The van der Waals surface area contributed by atoms with Gasteiger partial charge in [0.2, 0.25) is 0 Å². The summed E-state index contributed by atoms with van der Waals surface area (Å²) in [4.78, 5) is 49.4. The summed E-state index contributed by atoms with van der Waals surface area (Å²) >= 11 is 0. The first-order valence-electron chi connectivity index (χ1n) is 10.3. The Morgan fingerprint density at radius 1 is 1.06 bits per heavy atom. The lowest BCUT2D eigenvalue weighted by Gasteiger charge is -2.24. The number of benzene rings is 1. The van der Waals surface area contributed by atoms with Crippen LogP contribution in [0.15, 0.2) is 29.5 Å². The molecule has 1 aliphatic rings. The zero-order chi connectivity index (χ0) is 24.5. The summed E-state index contributed by atoms with van der Waals surface area (Å²) in [5.41, 5.74) is 0.511. The summed E-state index contributed by atoms with van der Waals surface area (Å²) in [5, 5.41) is 7.58. The summed E-state index contributed by atoms with van der Waals surface area (Å²) < 4.78 is 20.6. The summed E-state index contributed by atoms with van der Waals surface area (Å²) in [6.07, 6.45) is 0. The van der Waals surface area contributed by atoms with Crippen LogP contribution in [0.25, 0.3) is 0 Å². The molecule has 2 rings (SSSR count). The summed E-state index contributed by atoms with van der Waals surface area (Å²) in [5.74, 6) is -1.35. The Bertz CT molecular complexity index is 919. The number of carbonyl (C=O) groups is 4. The van der Waals surface area contributed by atoms with E-state index in [4.69, 9.17) is 18.9 Å². The van der Waals surface area contributed by atoms with Crippen molar-refractivity contribution in [1.82, 2.24) is 16.0 Å². The van der Waals surface area contributed by atoms with Crippen molar-refractivity contribution in [2.75, 3.05) is 34.0 Å². The highest BCUT2D eigenvalue weighted by molar-refractivity contribution is 5.97. The van der Waals surface area contributed by atoms with Crippen molar-refractivity contribution >= 4 is 23.9 Å². The molecule has 0 saturated heterocycles. The molecule has 1 aromatic carbocycles. The summed E-state index contributed by atoms with van der Waals surface area (Å²) in [6.45, 7) is 4.87. The molecule has 11 nitrogen and oxygen atoms in total. The average Bonchev–Trinajstić information content (AvgIpc) is 2.80. The molecule has 0 radical (unpaired) electrons. The lowest BCUT2D eigenvalue weighted by Crippen LogP contribution is -2.47. The van der Waals surface area contributed by atoms with E-state index in [1.54, 1.807) is 26.8 Å². The van der Waals surface area contributed by atoms with Gasteiger partial charge in [0.05, 0.1) is 38.6 Å². The van der Waals surface area contributed by atoms with E-state index in [2.05, 4.69) is 16.0 Å². The van der Waals surface area contributed by atoms with E-state index in [9.17, 15) is 19.2 Å². The van der Waals surface area contributed by atoms with Crippen molar-refractivity contribution in [3.05, 3.63) is 35.0 Å². The second-order valence-electron chi connectivity index (χ2n) is 7.39. The van der Waals surface area contributed by atoms with Gasteiger partial charge in [-0.15, -0.1) is 0 Å². The molecule has 0 aliphatic carbocycles. The third kappa shape index (κ3) is 6.86. The van der Waals surface area contributed by atoms with E-state index in [1.807, 2.05) is 0 Å². The molecule has 0 bridgehead atoms. The molecule has 1 aromatic rings. The smallest absolute Gasteiger partial charge is 0.337 e.